The van der Waals surface area contributed by atoms with Crippen LogP contribution in [0.1, 0.15) is 18.1 Å². The minimum Gasteiger partial charge on any atom is -0.492 e. The first kappa shape index (κ1) is 18.8. The number of nitrogens with one attached hydrogen (secondary N) is 1. The van der Waals surface area contributed by atoms with Gasteiger partial charge in [-0.3, -0.25) is 0 Å². The number of ether oxygens (including phenoxy) is 1. The topological polar surface area (TPSA) is 62.9 Å². The lowest BCUT2D eigenvalue weighted by atomic mass is 10.1. The van der Waals surface area contributed by atoms with Crippen molar-refractivity contribution in [2.75, 3.05) is 32.6 Å². The number of likely N-dealkylation sites (N-methyl/N-ethyl adjacent to an activating group) is 1. The van der Waals surface area contributed by atoms with Gasteiger partial charge in [-0.05, 0) is 44.3 Å². The largest absolute Gasteiger partial charge is 0.492 e. The summed E-state index contributed by atoms with van der Waals surface area (Å²) in [5.74, 6) is 1.25. The number of nitrogens with two attached hydrogens (primary N) is 1. The second-order valence-corrected chi connectivity index (χ2v) is 6.14. The van der Waals surface area contributed by atoms with Crippen molar-refractivity contribution in [1.82, 2.24) is 4.90 Å². The Hall–Kier alpha value is -2.53. The number of aryl methyl sites for hydroxylation is 1. The molecule has 0 spiro atoms. The fourth-order valence-corrected chi connectivity index (χ4v) is 2.34. The Morgan fingerprint density at radius 3 is 2.72 bits per heavy atom. The molecule has 0 heterocycles. The van der Waals surface area contributed by atoms with E-state index in [-0.39, 0.29) is 0 Å². The van der Waals surface area contributed by atoms with Crippen LogP contribution >= 0.6 is 0 Å². The molecule has 0 amide bonds. The third-order valence-corrected chi connectivity index (χ3v) is 3.80. The lowest BCUT2D eigenvalue weighted by Crippen LogP contribution is -2.22. The maximum absolute atomic E-state index is 6.03. The van der Waals surface area contributed by atoms with E-state index in [0.29, 0.717) is 19.1 Å². The molecule has 134 valence electrons. The predicted octanol–water partition coefficient (Wildman–Crippen LogP) is 3.12. The summed E-state index contributed by atoms with van der Waals surface area (Å²) in [5, 5.41) is 3.14. The van der Waals surface area contributed by atoms with Crippen molar-refractivity contribution in [2.24, 2.45) is 10.7 Å². The zero-order valence-corrected chi connectivity index (χ0v) is 15.3. The monoisotopic (exact) mass is 340 g/mol. The molecule has 0 unspecified atom stereocenters. The van der Waals surface area contributed by atoms with Crippen LogP contribution in [-0.4, -0.2) is 38.1 Å². The minimum atomic E-state index is 0.399. The molecule has 0 aliphatic rings. The molecule has 25 heavy (non-hydrogen) atoms. The zero-order chi connectivity index (χ0) is 18.1. The lowest BCUT2D eigenvalue weighted by Gasteiger charge is -2.13. The molecule has 5 heteroatoms. The Morgan fingerprint density at radius 2 is 1.96 bits per heavy atom. The summed E-state index contributed by atoms with van der Waals surface area (Å²) in [6.07, 6.45) is 0.990. The van der Waals surface area contributed by atoms with E-state index in [0.717, 1.165) is 30.0 Å². The first-order valence-electron chi connectivity index (χ1n) is 8.59. The second-order valence-electron chi connectivity index (χ2n) is 6.14. The fourth-order valence-electron chi connectivity index (χ4n) is 2.34. The third kappa shape index (κ3) is 6.47. The van der Waals surface area contributed by atoms with E-state index in [9.17, 15) is 0 Å². The summed E-state index contributed by atoms with van der Waals surface area (Å²) in [6, 6.07) is 16.1. The molecule has 0 aromatic heterocycles. The van der Waals surface area contributed by atoms with Gasteiger partial charge < -0.3 is 20.7 Å². The molecule has 5 nitrogen and oxygen atoms in total. The highest BCUT2D eigenvalue weighted by Gasteiger charge is 2.03. The number of benzene rings is 2. The summed E-state index contributed by atoms with van der Waals surface area (Å²) in [7, 11) is 4.05. The van der Waals surface area contributed by atoms with Gasteiger partial charge in [-0.1, -0.05) is 37.3 Å². The van der Waals surface area contributed by atoms with E-state index < -0.39 is 0 Å². The van der Waals surface area contributed by atoms with E-state index in [1.54, 1.807) is 0 Å². The molecular weight excluding hydrogens is 312 g/mol. The normalized spacial score (nSPS) is 11.6. The lowest BCUT2D eigenvalue weighted by molar-refractivity contribution is 0.259. The highest BCUT2D eigenvalue weighted by atomic mass is 16.5. The Morgan fingerprint density at radius 1 is 1.16 bits per heavy atom. The first-order chi connectivity index (χ1) is 12.1. The maximum Gasteiger partial charge on any atom is 0.193 e. The number of anilines is 1. The van der Waals surface area contributed by atoms with Crippen molar-refractivity contribution in [3.05, 3.63) is 59.7 Å². The Bertz CT molecular complexity index is 698. The van der Waals surface area contributed by atoms with Crippen LogP contribution in [0.4, 0.5) is 5.69 Å². The Kier molecular flexibility index (Phi) is 7.29. The van der Waals surface area contributed by atoms with Gasteiger partial charge in [0.05, 0.1) is 6.54 Å². The van der Waals surface area contributed by atoms with E-state index in [4.69, 9.17) is 10.5 Å². The SMILES string of the molecule is CCc1cccc(NC(N)=NCc2ccccc2OCCN(C)C)c1. The van der Waals surface area contributed by atoms with Crippen molar-refractivity contribution >= 4 is 11.6 Å². The van der Waals surface area contributed by atoms with Gasteiger partial charge in [-0.2, -0.15) is 0 Å². The van der Waals surface area contributed by atoms with Gasteiger partial charge in [0.15, 0.2) is 5.96 Å². The van der Waals surface area contributed by atoms with Gasteiger partial charge in [-0.25, -0.2) is 4.99 Å². The van der Waals surface area contributed by atoms with Crippen LogP contribution in [0.3, 0.4) is 0 Å². The molecule has 2 rings (SSSR count). The van der Waals surface area contributed by atoms with Crippen molar-refractivity contribution in [3.8, 4) is 5.75 Å². The average molecular weight is 340 g/mol. The average Bonchev–Trinajstić information content (AvgIpc) is 2.61. The summed E-state index contributed by atoms with van der Waals surface area (Å²) < 4.78 is 5.86. The molecule has 2 aromatic carbocycles. The number of guanidine groups is 1. The first-order valence-corrected chi connectivity index (χ1v) is 8.59. The summed E-state index contributed by atoms with van der Waals surface area (Å²) in [6.45, 7) is 4.12. The predicted molar refractivity (Wildman–Crippen MR) is 105 cm³/mol. The van der Waals surface area contributed by atoms with Crippen LogP contribution in [0.25, 0.3) is 0 Å². The van der Waals surface area contributed by atoms with Gasteiger partial charge >= 0.3 is 0 Å². The van der Waals surface area contributed by atoms with Crippen molar-refractivity contribution < 1.29 is 4.74 Å². The van der Waals surface area contributed by atoms with Gasteiger partial charge in [0.25, 0.3) is 0 Å². The summed E-state index contributed by atoms with van der Waals surface area (Å²) in [4.78, 5) is 6.53. The molecule has 0 atom stereocenters. The molecular formula is C20H28N4O. The van der Waals surface area contributed by atoms with E-state index in [1.807, 2.05) is 50.5 Å². The highest BCUT2D eigenvalue weighted by Crippen LogP contribution is 2.19. The standard InChI is InChI=1S/C20H28N4O/c1-4-16-8-7-10-18(14-16)23-20(21)22-15-17-9-5-6-11-19(17)25-13-12-24(2)3/h5-11,14H,4,12-13,15H2,1-3H3,(H3,21,22,23). The molecule has 2 aromatic rings. The van der Waals surface area contributed by atoms with Gasteiger partial charge in [0.1, 0.15) is 12.4 Å². The van der Waals surface area contributed by atoms with Crippen molar-refractivity contribution in [3.63, 3.8) is 0 Å². The van der Waals surface area contributed by atoms with E-state index in [2.05, 4.69) is 34.3 Å². The van der Waals surface area contributed by atoms with Crippen LogP contribution in [0.15, 0.2) is 53.5 Å². The molecule has 0 radical (unpaired) electrons. The maximum atomic E-state index is 6.03. The molecule has 0 aliphatic heterocycles. The minimum absolute atomic E-state index is 0.399. The number of rotatable bonds is 8. The van der Waals surface area contributed by atoms with Crippen LogP contribution in [-0.2, 0) is 13.0 Å². The van der Waals surface area contributed by atoms with Crippen molar-refractivity contribution in [1.29, 1.82) is 0 Å². The fraction of sp³-hybridized carbons (Fsp3) is 0.350. The van der Waals surface area contributed by atoms with Gasteiger partial charge in [-0.15, -0.1) is 0 Å². The van der Waals surface area contributed by atoms with Crippen LogP contribution in [0.2, 0.25) is 0 Å². The zero-order valence-electron chi connectivity index (χ0n) is 15.3. The molecule has 3 N–H and O–H groups in total. The quantitative estimate of drug-likeness (QED) is 0.572. The number of hydrogen-bond donors (Lipinski definition) is 2. The smallest absolute Gasteiger partial charge is 0.193 e. The highest BCUT2D eigenvalue weighted by molar-refractivity contribution is 5.92. The summed E-state index contributed by atoms with van der Waals surface area (Å²) in [5.41, 5.74) is 9.26. The van der Waals surface area contributed by atoms with E-state index >= 15 is 0 Å². The Balaban J connectivity index is 1.97. The van der Waals surface area contributed by atoms with Crippen LogP contribution in [0, 0.1) is 0 Å². The number of hydrogen-bond acceptors (Lipinski definition) is 3. The van der Waals surface area contributed by atoms with Crippen molar-refractivity contribution in [2.45, 2.75) is 19.9 Å². The molecule has 0 fully saturated rings. The number of para-hydroxylation sites is 1. The molecule has 0 bridgehead atoms. The second kappa shape index (κ2) is 9.69. The molecule has 0 saturated carbocycles. The molecule has 0 aliphatic carbocycles. The van der Waals surface area contributed by atoms with Gasteiger partial charge in [0.2, 0.25) is 0 Å². The summed E-state index contributed by atoms with van der Waals surface area (Å²) >= 11 is 0. The van der Waals surface area contributed by atoms with Gasteiger partial charge in [0, 0.05) is 17.8 Å². The van der Waals surface area contributed by atoms with Crippen LogP contribution < -0.4 is 15.8 Å². The third-order valence-electron chi connectivity index (χ3n) is 3.80. The number of nitrogens with zero attached hydrogens (tertiary/aromatic N) is 2. The number of aliphatic imine (C=N–C) groups is 1. The molecule has 0 saturated heterocycles. The van der Waals surface area contributed by atoms with Crippen LogP contribution in [0.5, 0.6) is 5.75 Å². The Labute approximate surface area is 150 Å². The van der Waals surface area contributed by atoms with E-state index in [1.165, 1.54) is 5.56 Å².